The maximum Gasteiger partial charge on any atom is 0.125 e. The van der Waals surface area contributed by atoms with Crippen LogP contribution in [0.4, 0.5) is 0 Å². The number of nitrogen functional groups attached to an aromatic ring is 1. The van der Waals surface area contributed by atoms with Gasteiger partial charge in [-0.15, -0.1) is 12.4 Å². The van der Waals surface area contributed by atoms with Crippen LogP contribution < -0.4 is 5.73 Å². The molecule has 2 aromatic rings. The Morgan fingerprint density at radius 1 is 1.32 bits per heavy atom. The van der Waals surface area contributed by atoms with Gasteiger partial charge in [-0.05, 0) is 5.56 Å². The van der Waals surface area contributed by atoms with Crippen molar-refractivity contribution in [2.45, 2.75) is 13.2 Å². The maximum absolute atomic E-state index is 7.27. The van der Waals surface area contributed by atoms with Crippen LogP contribution in [0.3, 0.4) is 0 Å². The van der Waals surface area contributed by atoms with E-state index in [1.54, 1.807) is 17.1 Å². The van der Waals surface area contributed by atoms with Gasteiger partial charge in [-0.1, -0.05) is 30.3 Å². The van der Waals surface area contributed by atoms with Gasteiger partial charge in [0.1, 0.15) is 5.84 Å². The third-order valence-corrected chi connectivity index (χ3v) is 2.52. The summed E-state index contributed by atoms with van der Waals surface area (Å²) in [6.07, 6.45) is 3.33. The van der Waals surface area contributed by atoms with Gasteiger partial charge in [0.2, 0.25) is 0 Å². The second-order valence-electron chi connectivity index (χ2n) is 3.94. The monoisotopic (exact) mass is 280 g/mol. The van der Waals surface area contributed by atoms with E-state index in [9.17, 15) is 0 Å². The number of amidine groups is 1. The molecule has 5 nitrogen and oxygen atoms in total. The van der Waals surface area contributed by atoms with Crippen LogP contribution in [0.25, 0.3) is 0 Å². The van der Waals surface area contributed by atoms with Crippen LogP contribution in [-0.2, 0) is 17.9 Å². The summed E-state index contributed by atoms with van der Waals surface area (Å²) in [5, 5.41) is 11.4. The largest absolute Gasteiger partial charge is 0.384 e. The zero-order chi connectivity index (χ0) is 12.8. The van der Waals surface area contributed by atoms with Crippen molar-refractivity contribution in [2.24, 2.45) is 5.73 Å². The molecule has 2 rings (SSSR count). The topological polar surface area (TPSA) is 76.9 Å². The van der Waals surface area contributed by atoms with E-state index < -0.39 is 0 Å². The first-order valence-electron chi connectivity index (χ1n) is 5.74. The second-order valence-corrected chi connectivity index (χ2v) is 3.94. The molecule has 1 aromatic carbocycles. The van der Waals surface area contributed by atoms with E-state index in [0.717, 1.165) is 5.56 Å². The quantitative estimate of drug-likeness (QED) is 0.481. The average Bonchev–Trinajstić information content (AvgIpc) is 2.85. The summed E-state index contributed by atoms with van der Waals surface area (Å²) in [7, 11) is 0. The highest BCUT2D eigenvalue weighted by Gasteiger charge is 2.00. The smallest absolute Gasteiger partial charge is 0.125 e. The van der Waals surface area contributed by atoms with Gasteiger partial charge >= 0.3 is 0 Å². The minimum Gasteiger partial charge on any atom is -0.384 e. The summed E-state index contributed by atoms with van der Waals surface area (Å²) in [5.74, 6) is 0.0338. The Morgan fingerprint density at radius 2 is 2.05 bits per heavy atom. The fraction of sp³-hybridized carbons (Fsp3) is 0.231. The van der Waals surface area contributed by atoms with E-state index in [-0.39, 0.29) is 18.2 Å². The lowest BCUT2D eigenvalue weighted by atomic mass is 10.2. The Morgan fingerprint density at radius 3 is 2.68 bits per heavy atom. The SMILES string of the molecule is Cl.N=C(N)c1cnn(CCOCc2ccccc2)c1. The molecule has 0 saturated heterocycles. The van der Waals surface area contributed by atoms with Crippen LogP contribution >= 0.6 is 12.4 Å². The highest BCUT2D eigenvalue weighted by molar-refractivity contribution is 5.94. The lowest BCUT2D eigenvalue weighted by Gasteiger charge is -2.04. The number of ether oxygens (including phenoxy) is 1. The van der Waals surface area contributed by atoms with Crippen LogP contribution in [0.15, 0.2) is 42.7 Å². The molecule has 0 aliphatic rings. The highest BCUT2D eigenvalue weighted by atomic mass is 35.5. The second kappa shape index (κ2) is 7.56. The molecule has 0 radical (unpaired) electrons. The Kier molecular flexibility index (Phi) is 6.05. The predicted molar refractivity (Wildman–Crippen MR) is 76.6 cm³/mol. The molecule has 0 aliphatic carbocycles. The molecule has 102 valence electrons. The van der Waals surface area contributed by atoms with E-state index >= 15 is 0 Å². The molecule has 3 N–H and O–H groups in total. The van der Waals surface area contributed by atoms with Gasteiger partial charge in [-0.2, -0.15) is 5.10 Å². The van der Waals surface area contributed by atoms with Crippen LogP contribution in [0.5, 0.6) is 0 Å². The molecular weight excluding hydrogens is 264 g/mol. The van der Waals surface area contributed by atoms with Crippen LogP contribution in [-0.4, -0.2) is 22.2 Å². The maximum atomic E-state index is 7.27. The van der Waals surface area contributed by atoms with Gasteiger partial charge in [0, 0.05) is 6.20 Å². The molecule has 1 heterocycles. The van der Waals surface area contributed by atoms with Gasteiger partial charge in [0.25, 0.3) is 0 Å². The third-order valence-electron chi connectivity index (χ3n) is 2.52. The molecule has 1 aromatic heterocycles. The predicted octanol–water partition coefficient (Wildman–Crippen LogP) is 1.81. The minimum absolute atomic E-state index is 0. The highest BCUT2D eigenvalue weighted by Crippen LogP contribution is 2.01. The molecule has 19 heavy (non-hydrogen) atoms. The third kappa shape index (κ3) is 4.73. The summed E-state index contributed by atoms with van der Waals surface area (Å²) < 4.78 is 7.27. The van der Waals surface area contributed by atoms with E-state index in [1.165, 1.54) is 0 Å². The zero-order valence-corrected chi connectivity index (χ0v) is 11.3. The molecule has 0 aliphatic heterocycles. The fourth-order valence-electron chi connectivity index (χ4n) is 1.55. The number of benzene rings is 1. The van der Waals surface area contributed by atoms with E-state index in [4.69, 9.17) is 15.9 Å². The first-order valence-corrected chi connectivity index (χ1v) is 5.74. The van der Waals surface area contributed by atoms with Gasteiger partial charge in [-0.25, -0.2) is 0 Å². The molecule has 0 bridgehead atoms. The molecule has 0 unspecified atom stereocenters. The number of halogens is 1. The van der Waals surface area contributed by atoms with E-state index in [0.29, 0.717) is 25.3 Å². The van der Waals surface area contributed by atoms with Gasteiger partial charge in [0.05, 0.1) is 31.5 Å². The first-order chi connectivity index (χ1) is 8.75. The standard InChI is InChI=1S/C13H16N4O.ClH/c14-13(15)12-8-16-17(9-12)6-7-18-10-11-4-2-1-3-5-11;/h1-5,8-9H,6-7,10H2,(H3,14,15);1H. The van der Waals surface area contributed by atoms with E-state index in [1.807, 2.05) is 30.3 Å². The van der Waals surface area contributed by atoms with Crippen LogP contribution in [0, 0.1) is 5.41 Å². The summed E-state index contributed by atoms with van der Waals surface area (Å²) in [6, 6.07) is 10.0. The number of hydrogen-bond acceptors (Lipinski definition) is 3. The minimum atomic E-state index is 0. The molecule has 0 amide bonds. The molecular formula is C13H17ClN4O. The van der Waals surface area contributed by atoms with Gasteiger partial charge < -0.3 is 10.5 Å². The normalized spacial score (nSPS) is 9.89. The molecule has 6 heteroatoms. The van der Waals surface area contributed by atoms with Gasteiger partial charge in [-0.3, -0.25) is 10.1 Å². The van der Waals surface area contributed by atoms with Crippen molar-refractivity contribution in [2.75, 3.05) is 6.61 Å². The number of hydrogen-bond donors (Lipinski definition) is 2. The van der Waals surface area contributed by atoms with Gasteiger partial charge in [0.15, 0.2) is 0 Å². The average molecular weight is 281 g/mol. The van der Waals surface area contributed by atoms with Crippen molar-refractivity contribution >= 4 is 18.2 Å². The van der Waals surface area contributed by atoms with Crippen LogP contribution in [0.2, 0.25) is 0 Å². The summed E-state index contributed by atoms with van der Waals surface area (Å²) in [6.45, 7) is 1.83. The Hall–Kier alpha value is -1.85. The molecule has 0 atom stereocenters. The Balaban J connectivity index is 0.00000180. The molecule has 0 spiro atoms. The zero-order valence-electron chi connectivity index (χ0n) is 10.5. The first kappa shape index (κ1) is 15.2. The van der Waals surface area contributed by atoms with E-state index in [2.05, 4.69) is 5.10 Å². The summed E-state index contributed by atoms with van der Waals surface area (Å²) in [4.78, 5) is 0. The lowest BCUT2D eigenvalue weighted by molar-refractivity contribution is 0.111. The summed E-state index contributed by atoms with van der Waals surface area (Å²) in [5.41, 5.74) is 7.15. The number of nitrogens with zero attached hydrogens (tertiary/aromatic N) is 2. The Bertz CT molecular complexity index is 512. The number of nitrogens with two attached hydrogens (primary N) is 1. The Labute approximate surface area is 118 Å². The van der Waals surface area contributed by atoms with Crippen molar-refractivity contribution in [1.82, 2.24) is 9.78 Å². The summed E-state index contributed by atoms with van der Waals surface area (Å²) >= 11 is 0. The molecule has 0 fully saturated rings. The van der Waals surface area contributed by atoms with Crippen molar-refractivity contribution in [3.63, 3.8) is 0 Å². The number of nitrogens with one attached hydrogen (secondary N) is 1. The number of rotatable bonds is 6. The van der Waals surface area contributed by atoms with Crippen LogP contribution in [0.1, 0.15) is 11.1 Å². The van der Waals surface area contributed by atoms with Crippen molar-refractivity contribution in [1.29, 1.82) is 5.41 Å². The van der Waals surface area contributed by atoms with Crippen molar-refractivity contribution < 1.29 is 4.74 Å². The van der Waals surface area contributed by atoms with Crippen molar-refractivity contribution in [3.05, 3.63) is 53.9 Å². The lowest BCUT2D eigenvalue weighted by Crippen LogP contribution is -2.10. The number of aromatic nitrogens is 2. The molecule has 0 saturated carbocycles. The van der Waals surface area contributed by atoms with Crippen molar-refractivity contribution in [3.8, 4) is 0 Å². The fourth-order valence-corrected chi connectivity index (χ4v) is 1.55.